The summed E-state index contributed by atoms with van der Waals surface area (Å²) in [6, 6.07) is 6.19. The molecule has 1 atom stereocenters. The van der Waals surface area contributed by atoms with Crippen LogP contribution >= 0.6 is 0 Å². The second kappa shape index (κ2) is 8.11. The molecule has 0 amide bonds. The predicted octanol–water partition coefficient (Wildman–Crippen LogP) is 2.86. The van der Waals surface area contributed by atoms with Crippen LogP contribution in [0.5, 0.6) is 11.5 Å². The van der Waals surface area contributed by atoms with Crippen LogP contribution in [0.3, 0.4) is 0 Å². The van der Waals surface area contributed by atoms with Crippen LogP contribution in [-0.2, 0) is 0 Å². The maximum atomic E-state index is 8.79. The Morgan fingerprint density at radius 3 is 2.88 bits per heavy atom. The summed E-state index contributed by atoms with van der Waals surface area (Å²) in [7, 11) is 1.68. The van der Waals surface area contributed by atoms with E-state index in [-0.39, 0.29) is 0 Å². The van der Waals surface area contributed by atoms with Gasteiger partial charge in [0.25, 0.3) is 0 Å². The Morgan fingerprint density at radius 2 is 2.16 bits per heavy atom. The van der Waals surface area contributed by atoms with Crippen molar-refractivity contribution in [2.75, 3.05) is 26.7 Å². The molecule has 1 aliphatic heterocycles. The number of nitrogens with one attached hydrogen (secondary N) is 1. The Bertz CT molecular complexity index is 662. The second-order valence-corrected chi connectivity index (χ2v) is 6.74. The highest BCUT2D eigenvalue weighted by Crippen LogP contribution is 2.34. The second-order valence-electron chi connectivity index (χ2n) is 6.74. The van der Waals surface area contributed by atoms with E-state index in [0.29, 0.717) is 18.0 Å². The van der Waals surface area contributed by atoms with Gasteiger partial charge in [0.15, 0.2) is 11.5 Å². The molecule has 6 nitrogen and oxygen atoms in total. The van der Waals surface area contributed by atoms with Gasteiger partial charge >= 0.3 is 0 Å². The Hall–Kier alpha value is -2.42. The van der Waals surface area contributed by atoms with Crippen LogP contribution in [0.4, 0.5) is 0 Å². The highest BCUT2D eigenvalue weighted by atomic mass is 16.5. The molecule has 25 heavy (non-hydrogen) atoms. The van der Waals surface area contributed by atoms with Gasteiger partial charge in [0.05, 0.1) is 13.2 Å². The number of aliphatic imine (C=N–C) groups is 1. The largest absolute Gasteiger partial charge is 0.493 e. The lowest BCUT2D eigenvalue weighted by Crippen LogP contribution is -2.32. The Morgan fingerprint density at radius 1 is 1.36 bits per heavy atom. The molecule has 3 rings (SSSR count). The maximum Gasteiger partial charge on any atom is 0.210 e. The molecule has 1 saturated carbocycles. The fraction of sp³-hybridized carbons (Fsp3) is 0.579. The molecule has 0 spiro atoms. The van der Waals surface area contributed by atoms with E-state index in [9.17, 15) is 0 Å². The lowest BCUT2D eigenvalue weighted by molar-refractivity contribution is 0.200. The van der Waals surface area contributed by atoms with Gasteiger partial charge in [0.1, 0.15) is 0 Å². The van der Waals surface area contributed by atoms with Crippen molar-refractivity contribution in [3.8, 4) is 17.7 Å². The van der Waals surface area contributed by atoms with Gasteiger partial charge in [0.2, 0.25) is 12.2 Å². The number of hydrogen-bond donors (Lipinski definition) is 1. The van der Waals surface area contributed by atoms with Crippen LogP contribution in [-0.4, -0.2) is 43.7 Å². The molecule has 1 saturated heterocycles. The minimum Gasteiger partial charge on any atom is -0.493 e. The highest BCUT2D eigenvalue weighted by Gasteiger charge is 2.23. The molecular weight excluding hydrogens is 316 g/mol. The van der Waals surface area contributed by atoms with E-state index < -0.39 is 0 Å². The number of benzene rings is 1. The van der Waals surface area contributed by atoms with Gasteiger partial charge in [0, 0.05) is 19.6 Å². The van der Waals surface area contributed by atoms with Crippen LogP contribution in [0.2, 0.25) is 0 Å². The summed E-state index contributed by atoms with van der Waals surface area (Å²) in [5.74, 6) is 2.59. The normalized spacial score (nSPS) is 20.4. The Labute approximate surface area is 149 Å². The van der Waals surface area contributed by atoms with E-state index in [0.717, 1.165) is 44.0 Å². The van der Waals surface area contributed by atoms with Crippen molar-refractivity contribution in [2.24, 2.45) is 4.99 Å². The van der Waals surface area contributed by atoms with Crippen LogP contribution in [0.15, 0.2) is 23.2 Å². The lowest BCUT2D eigenvalue weighted by Gasteiger charge is -2.23. The van der Waals surface area contributed by atoms with Crippen molar-refractivity contribution in [1.82, 2.24) is 10.2 Å². The van der Waals surface area contributed by atoms with E-state index >= 15 is 0 Å². The summed E-state index contributed by atoms with van der Waals surface area (Å²) in [5, 5.41) is 11.9. The zero-order chi connectivity index (χ0) is 17.6. The number of nitrogens with zero attached hydrogens (tertiary/aromatic N) is 3. The standard InChI is InChI=1S/C19H26N4O2/c1-14(12-23-10-9-21-19(23)22-13-20)15-7-8-17(24-2)18(11-15)25-16-5-3-4-6-16/h7-8,11,14,16H,3-6,9-10,12H2,1-2H3,(H,21,22). The summed E-state index contributed by atoms with van der Waals surface area (Å²) in [6.45, 7) is 4.69. The summed E-state index contributed by atoms with van der Waals surface area (Å²) in [5.41, 5.74) is 1.21. The summed E-state index contributed by atoms with van der Waals surface area (Å²) < 4.78 is 11.7. The molecule has 0 aromatic heterocycles. The molecule has 2 fully saturated rings. The Balaban J connectivity index is 1.72. The number of methoxy groups -OCH3 is 1. The molecule has 1 aromatic carbocycles. The lowest BCUT2D eigenvalue weighted by atomic mass is 10.00. The summed E-state index contributed by atoms with van der Waals surface area (Å²) in [4.78, 5) is 5.98. The van der Waals surface area contributed by atoms with Crippen LogP contribution in [0, 0.1) is 11.5 Å². The molecule has 1 aromatic rings. The minimum absolute atomic E-state index is 0.292. The molecule has 0 radical (unpaired) electrons. The number of rotatable bonds is 6. The fourth-order valence-corrected chi connectivity index (χ4v) is 3.57. The SMILES string of the molecule is COc1ccc(C(C)CN2CCN/C2=N\C#N)cc1OC1CCCC1. The molecule has 2 aliphatic rings. The van der Waals surface area contributed by atoms with E-state index in [2.05, 4.69) is 34.3 Å². The molecule has 134 valence electrons. The first-order chi connectivity index (χ1) is 12.2. The topological polar surface area (TPSA) is 69.9 Å². The first-order valence-corrected chi connectivity index (χ1v) is 9.01. The van der Waals surface area contributed by atoms with E-state index in [1.54, 1.807) is 7.11 Å². The number of hydrogen-bond acceptors (Lipinski definition) is 4. The van der Waals surface area contributed by atoms with Crippen LogP contribution in [0.1, 0.15) is 44.1 Å². The van der Waals surface area contributed by atoms with Gasteiger partial charge < -0.3 is 19.7 Å². The molecule has 1 heterocycles. The van der Waals surface area contributed by atoms with Gasteiger partial charge in [-0.1, -0.05) is 13.0 Å². The average Bonchev–Trinajstić information content (AvgIpc) is 3.28. The first-order valence-electron chi connectivity index (χ1n) is 9.01. The third kappa shape index (κ3) is 4.16. The van der Waals surface area contributed by atoms with Crippen molar-refractivity contribution in [3.63, 3.8) is 0 Å². The predicted molar refractivity (Wildman–Crippen MR) is 96.9 cm³/mol. The van der Waals surface area contributed by atoms with Gasteiger partial charge in [-0.2, -0.15) is 5.26 Å². The monoisotopic (exact) mass is 342 g/mol. The quantitative estimate of drug-likeness (QED) is 0.805. The molecule has 1 N–H and O–H groups in total. The Kier molecular flexibility index (Phi) is 5.64. The van der Waals surface area contributed by atoms with Gasteiger partial charge in [-0.25, -0.2) is 0 Å². The summed E-state index contributed by atoms with van der Waals surface area (Å²) in [6.07, 6.45) is 6.89. The minimum atomic E-state index is 0.292. The fourth-order valence-electron chi connectivity index (χ4n) is 3.57. The van der Waals surface area contributed by atoms with Crippen molar-refractivity contribution >= 4 is 5.96 Å². The van der Waals surface area contributed by atoms with Crippen molar-refractivity contribution in [2.45, 2.75) is 44.6 Å². The highest BCUT2D eigenvalue weighted by molar-refractivity contribution is 5.82. The van der Waals surface area contributed by atoms with Gasteiger partial charge in [-0.3, -0.25) is 0 Å². The summed E-state index contributed by atoms with van der Waals surface area (Å²) >= 11 is 0. The molecule has 1 aliphatic carbocycles. The smallest absolute Gasteiger partial charge is 0.210 e. The van der Waals surface area contributed by atoms with Gasteiger partial charge in [-0.15, -0.1) is 4.99 Å². The third-order valence-corrected chi connectivity index (χ3v) is 4.97. The zero-order valence-electron chi connectivity index (χ0n) is 15.0. The average molecular weight is 342 g/mol. The molecular formula is C19H26N4O2. The van der Waals surface area contributed by atoms with Crippen molar-refractivity contribution < 1.29 is 9.47 Å². The van der Waals surface area contributed by atoms with Gasteiger partial charge in [-0.05, 0) is 49.3 Å². The maximum absolute atomic E-state index is 8.79. The molecule has 1 unspecified atom stereocenters. The number of ether oxygens (including phenoxy) is 2. The number of guanidine groups is 1. The van der Waals surface area contributed by atoms with Crippen molar-refractivity contribution in [1.29, 1.82) is 5.26 Å². The van der Waals surface area contributed by atoms with Crippen LogP contribution in [0.25, 0.3) is 0 Å². The van der Waals surface area contributed by atoms with E-state index in [1.165, 1.54) is 18.4 Å². The molecule has 0 bridgehead atoms. The van der Waals surface area contributed by atoms with E-state index in [4.69, 9.17) is 14.7 Å². The third-order valence-electron chi connectivity index (χ3n) is 4.97. The zero-order valence-corrected chi connectivity index (χ0v) is 15.0. The van der Waals surface area contributed by atoms with E-state index in [1.807, 2.05) is 12.3 Å². The van der Waals surface area contributed by atoms with Crippen LogP contribution < -0.4 is 14.8 Å². The van der Waals surface area contributed by atoms with Crippen molar-refractivity contribution in [3.05, 3.63) is 23.8 Å². The molecule has 6 heteroatoms. The number of nitriles is 1. The first kappa shape index (κ1) is 17.4.